The molecule has 0 aliphatic rings. The molecule has 0 fully saturated rings. The third kappa shape index (κ3) is 1.80. The Morgan fingerprint density at radius 2 is 2.33 bits per heavy atom. The van der Waals surface area contributed by atoms with Gasteiger partial charge >= 0.3 is 0 Å². The van der Waals surface area contributed by atoms with Crippen molar-refractivity contribution in [1.82, 2.24) is 9.97 Å². The maximum Gasteiger partial charge on any atom is 0.125 e. The molecule has 2 nitrogen and oxygen atoms in total. The van der Waals surface area contributed by atoms with Crippen molar-refractivity contribution in [3.8, 4) is 0 Å². The predicted molar refractivity (Wildman–Crippen MR) is 54.8 cm³/mol. The Balaban J connectivity index is 3.30. The average molecular weight is 225 g/mol. The summed E-state index contributed by atoms with van der Waals surface area (Å²) in [5.74, 6) is 0.733. The SMILES string of the molecule is C=Cc1cnc(C)nc1C(=C)Br. The predicted octanol–water partition coefficient (Wildman–Crippen LogP) is 2.79. The van der Waals surface area contributed by atoms with Crippen LogP contribution in [0.2, 0.25) is 0 Å². The van der Waals surface area contributed by atoms with Gasteiger partial charge in [0.1, 0.15) is 5.82 Å². The molecule has 1 heterocycles. The fourth-order valence-corrected chi connectivity index (χ4v) is 1.16. The topological polar surface area (TPSA) is 25.8 Å². The highest BCUT2D eigenvalue weighted by Crippen LogP contribution is 2.20. The van der Waals surface area contributed by atoms with Gasteiger partial charge in [0.25, 0.3) is 0 Å². The van der Waals surface area contributed by atoms with E-state index >= 15 is 0 Å². The summed E-state index contributed by atoms with van der Waals surface area (Å²) >= 11 is 3.28. The molecule has 62 valence electrons. The molecule has 3 heteroatoms. The van der Waals surface area contributed by atoms with Crippen LogP contribution in [0.1, 0.15) is 17.1 Å². The van der Waals surface area contributed by atoms with Gasteiger partial charge in [0, 0.05) is 16.2 Å². The van der Waals surface area contributed by atoms with Gasteiger partial charge in [-0.2, -0.15) is 0 Å². The maximum absolute atomic E-state index is 4.21. The Bertz CT molecular complexity index is 331. The van der Waals surface area contributed by atoms with Crippen LogP contribution in [-0.2, 0) is 0 Å². The smallest absolute Gasteiger partial charge is 0.125 e. The minimum absolute atomic E-state index is 0.733. The Morgan fingerprint density at radius 3 is 2.83 bits per heavy atom. The van der Waals surface area contributed by atoms with Gasteiger partial charge in [-0.3, -0.25) is 0 Å². The zero-order valence-corrected chi connectivity index (χ0v) is 8.43. The molecule has 0 radical (unpaired) electrons. The van der Waals surface area contributed by atoms with Crippen LogP contribution in [0.4, 0.5) is 0 Å². The van der Waals surface area contributed by atoms with Gasteiger partial charge in [-0.15, -0.1) is 0 Å². The van der Waals surface area contributed by atoms with E-state index in [9.17, 15) is 0 Å². The summed E-state index contributed by atoms with van der Waals surface area (Å²) in [7, 11) is 0. The lowest BCUT2D eigenvalue weighted by Gasteiger charge is -2.02. The van der Waals surface area contributed by atoms with Crippen LogP contribution in [0.15, 0.2) is 19.4 Å². The summed E-state index contributed by atoms with van der Waals surface area (Å²) < 4.78 is 0.753. The highest BCUT2D eigenvalue weighted by atomic mass is 79.9. The molecule has 0 saturated carbocycles. The Labute approximate surface area is 80.2 Å². The van der Waals surface area contributed by atoms with Gasteiger partial charge in [0.05, 0.1) is 5.69 Å². The summed E-state index contributed by atoms with van der Waals surface area (Å²) in [4.78, 5) is 8.26. The first kappa shape index (κ1) is 9.13. The molecule has 1 aromatic rings. The monoisotopic (exact) mass is 224 g/mol. The minimum atomic E-state index is 0.733. The van der Waals surface area contributed by atoms with Crippen molar-refractivity contribution in [2.45, 2.75) is 6.92 Å². The standard InChI is InChI=1S/C9H9BrN2/c1-4-8-5-11-7(3)12-9(8)6(2)10/h4-5H,1-2H2,3H3. The lowest BCUT2D eigenvalue weighted by Crippen LogP contribution is -1.94. The molecule has 1 rings (SSSR count). The fraction of sp³-hybridized carbons (Fsp3) is 0.111. The normalized spacial score (nSPS) is 9.50. The molecule has 0 saturated heterocycles. The molecule has 0 atom stereocenters. The number of aryl methyl sites for hydroxylation is 1. The molecular formula is C9H9BrN2. The second kappa shape index (κ2) is 3.63. The Hall–Kier alpha value is -0.960. The first-order valence-corrected chi connectivity index (χ1v) is 4.25. The van der Waals surface area contributed by atoms with Gasteiger partial charge in [-0.25, -0.2) is 9.97 Å². The molecule has 12 heavy (non-hydrogen) atoms. The summed E-state index contributed by atoms with van der Waals surface area (Å²) in [5.41, 5.74) is 1.69. The van der Waals surface area contributed by atoms with Crippen LogP contribution in [0.3, 0.4) is 0 Å². The van der Waals surface area contributed by atoms with Crippen molar-refractivity contribution < 1.29 is 0 Å². The Morgan fingerprint density at radius 1 is 1.67 bits per heavy atom. The third-order valence-corrected chi connectivity index (χ3v) is 1.79. The second-order valence-corrected chi connectivity index (χ2v) is 3.29. The minimum Gasteiger partial charge on any atom is -0.241 e. The number of nitrogens with zero attached hydrogens (tertiary/aromatic N) is 2. The molecule has 0 aromatic carbocycles. The van der Waals surface area contributed by atoms with E-state index in [1.165, 1.54) is 0 Å². The van der Waals surface area contributed by atoms with Gasteiger partial charge in [0.2, 0.25) is 0 Å². The summed E-state index contributed by atoms with van der Waals surface area (Å²) in [6, 6.07) is 0. The lowest BCUT2D eigenvalue weighted by atomic mass is 10.2. The third-order valence-electron chi connectivity index (χ3n) is 1.41. The highest BCUT2D eigenvalue weighted by Gasteiger charge is 2.03. The molecule has 0 aliphatic heterocycles. The molecule has 0 bridgehead atoms. The first-order valence-electron chi connectivity index (χ1n) is 3.46. The van der Waals surface area contributed by atoms with E-state index in [2.05, 4.69) is 39.1 Å². The fourth-order valence-electron chi connectivity index (χ4n) is 0.846. The van der Waals surface area contributed by atoms with Crippen LogP contribution >= 0.6 is 15.9 Å². The van der Waals surface area contributed by atoms with E-state index in [1.807, 2.05) is 6.92 Å². The lowest BCUT2D eigenvalue weighted by molar-refractivity contribution is 1.04. The zero-order chi connectivity index (χ0) is 9.14. The summed E-state index contributed by atoms with van der Waals surface area (Å²) in [6.45, 7) is 9.25. The first-order chi connectivity index (χ1) is 5.65. The van der Waals surface area contributed by atoms with Crippen molar-refractivity contribution in [3.05, 3.63) is 36.4 Å². The van der Waals surface area contributed by atoms with Crippen molar-refractivity contribution >= 4 is 26.5 Å². The molecule has 0 amide bonds. The molecule has 0 spiro atoms. The number of aromatic nitrogens is 2. The molecular weight excluding hydrogens is 216 g/mol. The van der Waals surface area contributed by atoms with Gasteiger partial charge in [-0.1, -0.05) is 19.2 Å². The van der Waals surface area contributed by atoms with Crippen LogP contribution in [0.25, 0.3) is 10.6 Å². The van der Waals surface area contributed by atoms with E-state index in [4.69, 9.17) is 0 Å². The van der Waals surface area contributed by atoms with Crippen LogP contribution in [0, 0.1) is 6.92 Å². The molecule has 0 unspecified atom stereocenters. The van der Waals surface area contributed by atoms with Crippen molar-refractivity contribution in [3.63, 3.8) is 0 Å². The van der Waals surface area contributed by atoms with Crippen LogP contribution in [0.5, 0.6) is 0 Å². The van der Waals surface area contributed by atoms with Crippen molar-refractivity contribution in [2.75, 3.05) is 0 Å². The highest BCUT2D eigenvalue weighted by molar-refractivity contribution is 9.15. The van der Waals surface area contributed by atoms with Crippen LogP contribution in [-0.4, -0.2) is 9.97 Å². The summed E-state index contributed by atoms with van der Waals surface area (Å²) in [5, 5.41) is 0. The van der Waals surface area contributed by atoms with Crippen molar-refractivity contribution in [1.29, 1.82) is 0 Å². The van der Waals surface area contributed by atoms with Crippen LogP contribution < -0.4 is 0 Å². The van der Waals surface area contributed by atoms with Crippen molar-refractivity contribution in [2.24, 2.45) is 0 Å². The summed E-state index contributed by atoms with van der Waals surface area (Å²) in [6.07, 6.45) is 3.44. The molecule has 1 aromatic heterocycles. The average Bonchev–Trinajstić information content (AvgIpc) is 2.04. The largest absolute Gasteiger partial charge is 0.241 e. The van der Waals surface area contributed by atoms with E-state index in [0.29, 0.717) is 0 Å². The number of hydrogen-bond donors (Lipinski definition) is 0. The van der Waals surface area contributed by atoms with E-state index in [0.717, 1.165) is 21.6 Å². The van der Waals surface area contributed by atoms with E-state index < -0.39 is 0 Å². The number of rotatable bonds is 2. The van der Waals surface area contributed by atoms with Gasteiger partial charge in [0.15, 0.2) is 0 Å². The number of halogens is 1. The molecule has 0 N–H and O–H groups in total. The van der Waals surface area contributed by atoms with Gasteiger partial charge in [-0.05, 0) is 22.9 Å². The second-order valence-electron chi connectivity index (χ2n) is 2.33. The molecule has 0 aliphatic carbocycles. The number of hydrogen-bond acceptors (Lipinski definition) is 2. The van der Waals surface area contributed by atoms with Gasteiger partial charge < -0.3 is 0 Å². The van der Waals surface area contributed by atoms with E-state index in [-0.39, 0.29) is 0 Å². The maximum atomic E-state index is 4.21. The quantitative estimate of drug-likeness (QED) is 0.773. The van der Waals surface area contributed by atoms with E-state index in [1.54, 1.807) is 12.3 Å². The Kier molecular flexibility index (Phi) is 2.76. The zero-order valence-electron chi connectivity index (χ0n) is 6.84.